The number of carbonyl (C=O) groups excluding carboxylic acids is 1. The highest BCUT2D eigenvalue weighted by Crippen LogP contribution is 2.20. The van der Waals surface area contributed by atoms with Crippen LogP contribution in [-0.4, -0.2) is 53.6 Å². The van der Waals surface area contributed by atoms with Gasteiger partial charge in [0.15, 0.2) is 0 Å². The van der Waals surface area contributed by atoms with Crippen molar-refractivity contribution in [2.75, 3.05) is 26.8 Å². The first-order valence-electron chi connectivity index (χ1n) is 8.14. The molecule has 1 aliphatic rings. The van der Waals surface area contributed by atoms with Gasteiger partial charge in [0.25, 0.3) is 0 Å². The predicted octanol–water partition coefficient (Wildman–Crippen LogP) is 1.36. The Bertz CT molecular complexity index is 722. The molecular formula is C17H22N4O3. The molecule has 1 fully saturated rings. The molecule has 0 spiro atoms. The summed E-state index contributed by atoms with van der Waals surface area (Å²) in [7, 11) is 1.59. The van der Waals surface area contributed by atoms with Crippen LogP contribution in [0.25, 0.3) is 11.0 Å². The molecule has 24 heavy (non-hydrogen) atoms. The number of hydrogen-bond acceptors (Lipinski definition) is 6. The lowest BCUT2D eigenvalue weighted by Gasteiger charge is -2.33. The van der Waals surface area contributed by atoms with E-state index in [0.717, 1.165) is 36.8 Å². The number of nitrogens with zero attached hydrogens (tertiary/aromatic N) is 3. The van der Waals surface area contributed by atoms with Crippen LogP contribution in [0.4, 0.5) is 0 Å². The summed E-state index contributed by atoms with van der Waals surface area (Å²) in [6.45, 7) is 1.99. The molecule has 0 aliphatic carbocycles. The number of nitrogens with two attached hydrogens (primary N) is 1. The Balaban J connectivity index is 1.61. The van der Waals surface area contributed by atoms with E-state index in [4.69, 9.17) is 15.2 Å². The normalized spacial score (nSPS) is 18.5. The van der Waals surface area contributed by atoms with Crippen molar-refractivity contribution in [3.8, 4) is 11.6 Å². The molecule has 0 aromatic carbocycles. The number of primary amides is 1. The minimum atomic E-state index is -0.253. The molecule has 1 unspecified atom stereocenters. The summed E-state index contributed by atoms with van der Waals surface area (Å²) in [5.74, 6) is 0.937. The van der Waals surface area contributed by atoms with Crippen molar-refractivity contribution in [3.63, 3.8) is 0 Å². The lowest BCUT2D eigenvalue weighted by Crippen LogP contribution is -2.48. The molecule has 2 aromatic heterocycles. The summed E-state index contributed by atoms with van der Waals surface area (Å²) in [5.41, 5.74) is 6.98. The zero-order chi connectivity index (χ0) is 16.9. The lowest BCUT2D eigenvalue weighted by molar-refractivity contribution is -0.124. The maximum Gasteiger partial charge on any atom is 0.234 e. The van der Waals surface area contributed by atoms with Gasteiger partial charge >= 0.3 is 0 Å². The number of ether oxygens (including phenoxy) is 2. The van der Waals surface area contributed by atoms with E-state index in [1.165, 1.54) is 0 Å². The van der Waals surface area contributed by atoms with E-state index in [-0.39, 0.29) is 11.9 Å². The second-order valence-electron chi connectivity index (χ2n) is 5.86. The van der Waals surface area contributed by atoms with Crippen LogP contribution in [0.2, 0.25) is 0 Å². The van der Waals surface area contributed by atoms with Gasteiger partial charge in [-0.3, -0.25) is 14.7 Å². The summed E-state index contributed by atoms with van der Waals surface area (Å²) < 4.78 is 10.9. The molecule has 7 heteroatoms. The highest BCUT2D eigenvalue weighted by molar-refractivity contribution is 5.80. The first-order valence-corrected chi connectivity index (χ1v) is 8.14. The fourth-order valence-corrected chi connectivity index (χ4v) is 3.01. The Hall–Kier alpha value is -2.41. The van der Waals surface area contributed by atoms with E-state index in [2.05, 4.69) is 14.9 Å². The molecule has 0 bridgehead atoms. The highest BCUT2D eigenvalue weighted by Gasteiger charge is 2.26. The highest BCUT2D eigenvalue weighted by atomic mass is 16.5. The number of piperidine rings is 1. The van der Waals surface area contributed by atoms with Gasteiger partial charge in [-0.1, -0.05) is 6.42 Å². The summed E-state index contributed by atoms with van der Waals surface area (Å²) in [6.07, 6.45) is 4.62. The van der Waals surface area contributed by atoms with Gasteiger partial charge in [0.2, 0.25) is 11.8 Å². The average molecular weight is 330 g/mol. The third kappa shape index (κ3) is 3.73. The average Bonchev–Trinajstić information content (AvgIpc) is 2.61. The number of methoxy groups -OCH3 is 1. The van der Waals surface area contributed by atoms with Crippen LogP contribution in [0.1, 0.15) is 19.3 Å². The number of amides is 1. The van der Waals surface area contributed by atoms with Crippen molar-refractivity contribution >= 4 is 16.9 Å². The molecule has 2 aromatic rings. The quantitative estimate of drug-likeness (QED) is 0.860. The van der Waals surface area contributed by atoms with Crippen LogP contribution < -0.4 is 15.2 Å². The van der Waals surface area contributed by atoms with Crippen LogP contribution in [0.5, 0.6) is 11.6 Å². The van der Waals surface area contributed by atoms with Gasteiger partial charge in [-0.25, -0.2) is 4.98 Å². The van der Waals surface area contributed by atoms with Gasteiger partial charge in [0.05, 0.1) is 30.4 Å². The van der Waals surface area contributed by atoms with Gasteiger partial charge in [-0.2, -0.15) is 0 Å². The molecule has 1 amide bonds. The smallest absolute Gasteiger partial charge is 0.234 e. The summed E-state index contributed by atoms with van der Waals surface area (Å²) in [5, 5.41) is 0. The molecule has 128 valence electrons. The third-order valence-corrected chi connectivity index (χ3v) is 4.29. The second-order valence-corrected chi connectivity index (χ2v) is 5.86. The van der Waals surface area contributed by atoms with Crippen LogP contribution >= 0.6 is 0 Å². The third-order valence-electron chi connectivity index (χ3n) is 4.29. The van der Waals surface area contributed by atoms with E-state index in [1.54, 1.807) is 19.4 Å². The number of fused-ring (bicyclic) bond motifs is 1. The largest absolute Gasteiger partial charge is 0.495 e. The molecule has 1 saturated heterocycles. The van der Waals surface area contributed by atoms with Crippen LogP contribution in [0.15, 0.2) is 24.4 Å². The predicted molar refractivity (Wildman–Crippen MR) is 90.0 cm³/mol. The Morgan fingerprint density at radius 3 is 3.04 bits per heavy atom. The fourth-order valence-electron chi connectivity index (χ4n) is 3.01. The molecule has 3 heterocycles. The Kier molecular flexibility index (Phi) is 5.10. The van der Waals surface area contributed by atoms with Crippen LogP contribution in [-0.2, 0) is 4.79 Å². The van der Waals surface area contributed by atoms with E-state index in [9.17, 15) is 4.79 Å². The van der Waals surface area contributed by atoms with Crippen molar-refractivity contribution in [3.05, 3.63) is 24.4 Å². The summed E-state index contributed by atoms with van der Waals surface area (Å²) in [4.78, 5) is 22.3. The minimum Gasteiger partial charge on any atom is -0.495 e. The maximum atomic E-state index is 11.5. The van der Waals surface area contributed by atoms with Gasteiger partial charge < -0.3 is 15.2 Å². The van der Waals surface area contributed by atoms with Crippen molar-refractivity contribution < 1.29 is 14.3 Å². The molecular weight excluding hydrogens is 308 g/mol. The Morgan fingerprint density at radius 1 is 1.38 bits per heavy atom. The topological polar surface area (TPSA) is 90.6 Å². The zero-order valence-electron chi connectivity index (χ0n) is 13.8. The van der Waals surface area contributed by atoms with E-state index >= 15 is 0 Å². The van der Waals surface area contributed by atoms with Crippen LogP contribution in [0, 0.1) is 0 Å². The fraction of sp³-hybridized carbons (Fsp3) is 0.471. The Morgan fingerprint density at radius 2 is 2.25 bits per heavy atom. The van der Waals surface area contributed by atoms with E-state index in [1.807, 2.05) is 12.1 Å². The van der Waals surface area contributed by atoms with Crippen molar-refractivity contribution in [2.45, 2.75) is 25.3 Å². The standard InChI is InChI=1S/C17H22N4O3/c1-23-12-10-14-13(19-11-12)5-6-16(20-14)24-9-8-21-7-3-2-4-15(21)17(18)22/h5-6,10-11,15H,2-4,7-9H2,1H3,(H2,18,22). The van der Waals surface area contributed by atoms with E-state index in [0.29, 0.717) is 24.8 Å². The van der Waals surface area contributed by atoms with Gasteiger partial charge in [-0.05, 0) is 25.5 Å². The molecule has 2 N–H and O–H groups in total. The molecule has 1 aliphatic heterocycles. The summed E-state index contributed by atoms with van der Waals surface area (Å²) >= 11 is 0. The SMILES string of the molecule is COc1cnc2ccc(OCCN3CCCCC3C(N)=O)nc2c1. The van der Waals surface area contributed by atoms with Crippen molar-refractivity contribution in [2.24, 2.45) is 5.73 Å². The number of likely N-dealkylation sites (tertiary alicyclic amines) is 1. The molecule has 1 atom stereocenters. The monoisotopic (exact) mass is 330 g/mol. The minimum absolute atomic E-state index is 0.180. The number of carbonyl (C=O) groups is 1. The van der Waals surface area contributed by atoms with Gasteiger partial charge in [0.1, 0.15) is 12.4 Å². The van der Waals surface area contributed by atoms with Crippen molar-refractivity contribution in [1.29, 1.82) is 0 Å². The summed E-state index contributed by atoms with van der Waals surface area (Å²) in [6, 6.07) is 5.30. The molecule has 0 saturated carbocycles. The lowest BCUT2D eigenvalue weighted by atomic mass is 10.0. The molecule has 3 rings (SSSR count). The Labute approximate surface area is 140 Å². The van der Waals surface area contributed by atoms with Gasteiger partial charge in [-0.15, -0.1) is 0 Å². The van der Waals surface area contributed by atoms with Crippen LogP contribution in [0.3, 0.4) is 0 Å². The van der Waals surface area contributed by atoms with Gasteiger partial charge in [0, 0.05) is 18.7 Å². The molecule has 0 radical (unpaired) electrons. The van der Waals surface area contributed by atoms with Crippen molar-refractivity contribution in [1.82, 2.24) is 14.9 Å². The first kappa shape index (κ1) is 16.4. The second kappa shape index (κ2) is 7.44. The number of hydrogen-bond donors (Lipinski definition) is 1. The zero-order valence-corrected chi connectivity index (χ0v) is 13.8. The first-order chi connectivity index (χ1) is 11.7. The number of pyridine rings is 2. The molecule has 7 nitrogen and oxygen atoms in total. The maximum absolute atomic E-state index is 11.5. The number of aromatic nitrogens is 2. The number of rotatable bonds is 6. The van der Waals surface area contributed by atoms with E-state index < -0.39 is 0 Å².